The van der Waals surface area contributed by atoms with Crippen molar-refractivity contribution in [2.45, 2.75) is 11.5 Å². The maximum absolute atomic E-state index is 14.8. The summed E-state index contributed by atoms with van der Waals surface area (Å²) in [5.41, 5.74) is 0.0447. The maximum Gasteiger partial charge on any atom is 0.251 e. The van der Waals surface area contributed by atoms with Crippen LogP contribution in [-0.2, 0) is 10.3 Å². The van der Waals surface area contributed by atoms with Crippen molar-refractivity contribution in [3.05, 3.63) is 98.6 Å². The normalized spacial score (nSPS) is 25.2. The van der Waals surface area contributed by atoms with Crippen molar-refractivity contribution in [2.75, 3.05) is 18.9 Å². The summed E-state index contributed by atoms with van der Waals surface area (Å²) >= 11 is 6.98. The second kappa shape index (κ2) is 8.13. The number of benzene rings is 3. The highest BCUT2D eigenvalue weighted by Gasteiger charge is 2.74. The molecule has 2 aliphatic heterocycles. The van der Waals surface area contributed by atoms with Gasteiger partial charge in [-0.3, -0.25) is 14.5 Å². The number of nitrogens with zero attached hydrogens (tertiary/aromatic N) is 2. The van der Waals surface area contributed by atoms with E-state index in [0.717, 1.165) is 20.0 Å². The van der Waals surface area contributed by atoms with Crippen LogP contribution in [-0.4, -0.2) is 35.2 Å². The lowest BCUT2D eigenvalue weighted by Crippen LogP contribution is -2.58. The van der Waals surface area contributed by atoms with E-state index in [-0.39, 0.29) is 11.7 Å². The van der Waals surface area contributed by atoms with Crippen molar-refractivity contribution < 1.29 is 9.59 Å². The molecular weight excluding hydrogens is 584 g/mol. The number of ketones is 1. The zero-order valence-corrected chi connectivity index (χ0v) is 22.4. The number of likely N-dealkylation sites (tertiary alicyclic amines) is 1. The molecule has 1 amide bonds. The van der Waals surface area contributed by atoms with Crippen molar-refractivity contribution >= 4 is 60.1 Å². The average molecular weight is 604 g/mol. The third-order valence-electron chi connectivity index (χ3n) is 7.71. The van der Waals surface area contributed by atoms with Crippen LogP contribution in [0, 0.1) is 16.7 Å². The summed E-state index contributed by atoms with van der Waals surface area (Å²) in [6.07, 6.45) is 1.65. The quantitative estimate of drug-likeness (QED) is 0.283. The molecule has 0 aliphatic carbocycles. The van der Waals surface area contributed by atoms with E-state index in [1.54, 1.807) is 6.20 Å². The number of halogens is 2. The Morgan fingerprint density at radius 1 is 1.08 bits per heavy atom. The van der Waals surface area contributed by atoms with E-state index in [1.165, 1.54) is 0 Å². The molecule has 1 aromatic heterocycles. The number of hydrogen-bond acceptors (Lipinski definition) is 4. The molecule has 6 nitrogen and oxygen atoms in total. The van der Waals surface area contributed by atoms with Crippen LogP contribution in [0.1, 0.15) is 27.4 Å². The monoisotopic (exact) mass is 602 g/mol. The number of carbonyl (C=O) groups excluding carboxylic acids is 2. The van der Waals surface area contributed by atoms with Crippen LogP contribution in [0.4, 0.5) is 5.69 Å². The van der Waals surface area contributed by atoms with Gasteiger partial charge in [0.05, 0.1) is 6.07 Å². The van der Waals surface area contributed by atoms with Gasteiger partial charge in [-0.1, -0.05) is 62.2 Å². The number of aromatic amines is 1. The molecule has 2 aliphatic rings. The van der Waals surface area contributed by atoms with Gasteiger partial charge in [0.25, 0.3) is 5.91 Å². The lowest BCUT2D eigenvalue weighted by Gasteiger charge is -2.41. The first-order chi connectivity index (χ1) is 17.3. The number of rotatable bonds is 3. The molecule has 1 fully saturated rings. The zero-order chi connectivity index (χ0) is 25.2. The number of nitriles is 1. The molecular formula is C28H20Br2N4O2. The van der Waals surface area contributed by atoms with Crippen LogP contribution in [0.15, 0.2) is 81.9 Å². The fraction of sp³-hybridized carbons (Fsp3) is 0.179. The molecule has 0 radical (unpaired) electrons. The van der Waals surface area contributed by atoms with Gasteiger partial charge >= 0.3 is 0 Å². The van der Waals surface area contributed by atoms with Gasteiger partial charge in [-0.05, 0) is 49.0 Å². The van der Waals surface area contributed by atoms with E-state index in [0.29, 0.717) is 28.7 Å². The van der Waals surface area contributed by atoms with Gasteiger partial charge in [-0.25, -0.2) is 0 Å². The molecule has 0 unspecified atom stereocenters. The van der Waals surface area contributed by atoms with E-state index in [9.17, 15) is 14.9 Å². The highest BCUT2D eigenvalue weighted by atomic mass is 79.9. The van der Waals surface area contributed by atoms with Gasteiger partial charge in [-0.15, -0.1) is 0 Å². The van der Waals surface area contributed by atoms with Crippen LogP contribution in [0.2, 0.25) is 0 Å². The van der Waals surface area contributed by atoms with Crippen LogP contribution >= 0.6 is 31.9 Å². The topological polar surface area (TPSA) is 89.0 Å². The number of para-hydroxylation sites is 1. The SMILES string of the molecule is CN1C[C@@H](c2ccc(Br)cc2)[C@](C#N)(C(=O)c2c[nH]c3ccc(Br)cc23)[C@]12C(=O)Nc1ccccc12. The molecule has 3 atom stereocenters. The minimum atomic E-state index is -1.73. The van der Waals surface area contributed by atoms with Gasteiger partial charge in [0, 0.05) is 55.3 Å². The van der Waals surface area contributed by atoms with E-state index in [1.807, 2.05) is 78.7 Å². The summed E-state index contributed by atoms with van der Waals surface area (Å²) in [5.74, 6) is -1.29. The number of carbonyl (C=O) groups is 2. The van der Waals surface area contributed by atoms with Gasteiger partial charge in [0.2, 0.25) is 0 Å². The Bertz CT molecular complexity index is 1610. The Balaban J connectivity index is 1.68. The first-order valence-electron chi connectivity index (χ1n) is 11.4. The molecule has 6 rings (SSSR count). The standard InChI is InChI=1S/C28H20Br2N4O2/c1-34-14-22(16-6-8-17(29)9-7-16)27(15-31,28(34)21-4-2-3-5-24(21)33-26(28)36)25(35)20-13-32-23-11-10-18(30)12-19(20)23/h2-13,22,32H,14H2,1H3,(H,33,36)/t22-,27+,28-/m0/s1. The second-order valence-electron chi connectivity index (χ2n) is 9.34. The molecule has 2 N–H and O–H groups in total. The average Bonchev–Trinajstić information content (AvgIpc) is 3.51. The summed E-state index contributed by atoms with van der Waals surface area (Å²) in [4.78, 5) is 33.9. The smallest absolute Gasteiger partial charge is 0.251 e. The van der Waals surface area contributed by atoms with Crippen molar-refractivity contribution in [2.24, 2.45) is 5.41 Å². The number of hydrogen-bond donors (Lipinski definition) is 2. The summed E-state index contributed by atoms with van der Waals surface area (Å²) < 4.78 is 1.72. The number of fused-ring (bicyclic) bond motifs is 3. The molecule has 3 aromatic carbocycles. The number of amides is 1. The summed E-state index contributed by atoms with van der Waals surface area (Å²) in [7, 11) is 1.83. The number of likely N-dealkylation sites (N-methyl/N-ethyl adjacent to an activating group) is 1. The van der Waals surface area contributed by atoms with Gasteiger partial charge in [-0.2, -0.15) is 5.26 Å². The lowest BCUT2D eigenvalue weighted by atomic mass is 9.58. The van der Waals surface area contributed by atoms with Crippen LogP contribution in [0.5, 0.6) is 0 Å². The van der Waals surface area contributed by atoms with E-state index >= 15 is 0 Å². The summed E-state index contributed by atoms with van der Waals surface area (Å²) in [6, 6.07) is 23.1. The van der Waals surface area contributed by atoms with Crippen LogP contribution < -0.4 is 5.32 Å². The molecule has 1 saturated heterocycles. The van der Waals surface area contributed by atoms with E-state index < -0.39 is 16.9 Å². The molecule has 3 heterocycles. The summed E-state index contributed by atoms with van der Waals surface area (Å²) in [6.45, 7) is 0.356. The molecule has 1 spiro atoms. The van der Waals surface area contributed by atoms with Crippen molar-refractivity contribution in [3.8, 4) is 6.07 Å². The van der Waals surface area contributed by atoms with E-state index in [4.69, 9.17) is 0 Å². The predicted octanol–water partition coefficient (Wildman–Crippen LogP) is 5.96. The maximum atomic E-state index is 14.8. The zero-order valence-electron chi connectivity index (χ0n) is 19.2. The number of nitrogens with one attached hydrogen (secondary N) is 2. The molecule has 36 heavy (non-hydrogen) atoms. The number of aromatic nitrogens is 1. The Morgan fingerprint density at radius 3 is 2.56 bits per heavy atom. The molecule has 4 aromatic rings. The van der Waals surface area contributed by atoms with Crippen molar-refractivity contribution in [3.63, 3.8) is 0 Å². The number of Topliss-reactive ketones (excluding diaryl/α,β-unsaturated/α-hetero) is 1. The number of H-pyrrole nitrogens is 1. The van der Waals surface area contributed by atoms with Crippen LogP contribution in [0.3, 0.4) is 0 Å². The summed E-state index contributed by atoms with van der Waals surface area (Å²) in [5, 5.41) is 14.8. The largest absolute Gasteiger partial charge is 0.360 e. The first-order valence-corrected chi connectivity index (χ1v) is 13.0. The molecule has 0 bridgehead atoms. The Morgan fingerprint density at radius 2 is 1.81 bits per heavy atom. The van der Waals surface area contributed by atoms with Gasteiger partial charge in [0.15, 0.2) is 16.7 Å². The van der Waals surface area contributed by atoms with Crippen molar-refractivity contribution in [1.82, 2.24) is 9.88 Å². The number of anilines is 1. The fourth-order valence-corrected chi connectivity index (χ4v) is 6.82. The van der Waals surface area contributed by atoms with Gasteiger partial charge in [0.1, 0.15) is 0 Å². The molecule has 0 saturated carbocycles. The minimum absolute atomic E-state index is 0.356. The third-order valence-corrected chi connectivity index (χ3v) is 8.73. The lowest BCUT2D eigenvalue weighted by molar-refractivity contribution is -0.128. The van der Waals surface area contributed by atoms with Gasteiger partial charge < -0.3 is 10.3 Å². The van der Waals surface area contributed by atoms with E-state index in [2.05, 4.69) is 48.2 Å². The first kappa shape index (κ1) is 23.2. The molecule has 8 heteroatoms. The Hall–Kier alpha value is -3.25. The fourth-order valence-electron chi connectivity index (χ4n) is 6.19. The van der Waals surface area contributed by atoms with Crippen molar-refractivity contribution in [1.29, 1.82) is 5.26 Å². The second-order valence-corrected chi connectivity index (χ2v) is 11.2. The highest BCUT2D eigenvalue weighted by molar-refractivity contribution is 9.10. The third kappa shape index (κ3) is 2.85. The Kier molecular flexibility index (Phi) is 5.23. The Labute approximate surface area is 224 Å². The van der Waals surface area contributed by atoms with Crippen LogP contribution in [0.25, 0.3) is 10.9 Å². The predicted molar refractivity (Wildman–Crippen MR) is 145 cm³/mol. The molecule has 178 valence electrons. The highest BCUT2D eigenvalue weighted by Crippen LogP contribution is 2.63. The minimum Gasteiger partial charge on any atom is -0.360 e.